The topological polar surface area (TPSA) is 47.6 Å². The van der Waals surface area contributed by atoms with Gasteiger partial charge in [0, 0.05) is 11.0 Å². The van der Waals surface area contributed by atoms with Gasteiger partial charge in [0.1, 0.15) is 5.75 Å². The van der Waals surface area contributed by atoms with Crippen molar-refractivity contribution in [2.75, 3.05) is 19.8 Å². The van der Waals surface area contributed by atoms with E-state index in [-0.39, 0.29) is 12.6 Å². The molecule has 0 saturated heterocycles. The summed E-state index contributed by atoms with van der Waals surface area (Å²) in [5, 5.41) is 3.33. The zero-order chi connectivity index (χ0) is 14.1. The number of hydrogen-bond donors (Lipinski definition) is 1. The molecule has 106 valence electrons. The molecule has 1 aromatic carbocycles. The van der Waals surface area contributed by atoms with Crippen LogP contribution in [0.1, 0.15) is 25.8 Å². The van der Waals surface area contributed by atoms with Crippen LogP contribution in [0.2, 0.25) is 0 Å². The fourth-order valence-electron chi connectivity index (χ4n) is 1.52. The van der Waals surface area contributed by atoms with Crippen molar-refractivity contribution in [3.05, 3.63) is 28.2 Å². The molecule has 4 nitrogen and oxygen atoms in total. The van der Waals surface area contributed by atoms with Gasteiger partial charge in [0.25, 0.3) is 0 Å². The van der Waals surface area contributed by atoms with Crippen LogP contribution in [0.3, 0.4) is 0 Å². The lowest BCUT2D eigenvalue weighted by Gasteiger charge is -2.10. The summed E-state index contributed by atoms with van der Waals surface area (Å²) in [5.41, 5.74) is 1.11. The monoisotopic (exact) mass is 329 g/mol. The summed E-state index contributed by atoms with van der Waals surface area (Å²) in [6.45, 7) is 5.95. The molecular formula is C14H20BrNO3. The molecule has 0 bridgehead atoms. The van der Waals surface area contributed by atoms with E-state index in [0.717, 1.165) is 29.5 Å². The maximum atomic E-state index is 11.2. The molecule has 5 heteroatoms. The molecular weight excluding hydrogens is 310 g/mol. The third kappa shape index (κ3) is 6.07. The molecule has 1 aromatic rings. The molecule has 0 unspecified atom stereocenters. The molecule has 1 rings (SSSR count). The molecule has 19 heavy (non-hydrogen) atoms. The first kappa shape index (κ1) is 16.0. The first-order valence-electron chi connectivity index (χ1n) is 6.45. The molecule has 0 heterocycles. The molecule has 0 fully saturated rings. The quantitative estimate of drug-likeness (QED) is 0.588. The Morgan fingerprint density at radius 1 is 1.37 bits per heavy atom. The minimum Gasteiger partial charge on any atom is -0.482 e. The highest BCUT2D eigenvalue weighted by Crippen LogP contribution is 2.22. The minimum atomic E-state index is -0.351. The van der Waals surface area contributed by atoms with E-state index in [1.54, 1.807) is 6.92 Å². The second kappa shape index (κ2) is 8.93. The van der Waals surface area contributed by atoms with Crippen molar-refractivity contribution in [2.45, 2.75) is 26.8 Å². The standard InChI is InChI=1S/C14H20BrNO3/c1-3-7-16-9-11-8-12(5-6-13(11)15)19-10-14(17)18-4-2/h5-6,8,16H,3-4,7,9-10H2,1-2H3. The predicted molar refractivity (Wildman–Crippen MR) is 78.3 cm³/mol. The number of hydrogen-bond acceptors (Lipinski definition) is 4. The van der Waals surface area contributed by atoms with Gasteiger partial charge >= 0.3 is 5.97 Å². The van der Waals surface area contributed by atoms with E-state index in [2.05, 4.69) is 28.2 Å². The Kier molecular flexibility index (Phi) is 7.52. The Morgan fingerprint density at radius 2 is 2.16 bits per heavy atom. The van der Waals surface area contributed by atoms with E-state index in [0.29, 0.717) is 12.4 Å². The van der Waals surface area contributed by atoms with Crippen LogP contribution in [0.25, 0.3) is 0 Å². The highest BCUT2D eigenvalue weighted by molar-refractivity contribution is 9.10. The van der Waals surface area contributed by atoms with Gasteiger partial charge in [-0.15, -0.1) is 0 Å². The summed E-state index contributed by atoms with van der Waals surface area (Å²) in [6, 6.07) is 5.67. The van der Waals surface area contributed by atoms with Gasteiger partial charge in [-0.05, 0) is 43.7 Å². The molecule has 0 aliphatic carbocycles. The van der Waals surface area contributed by atoms with Crippen LogP contribution in [-0.2, 0) is 16.1 Å². The van der Waals surface area contributed by atoms with E-state index in [9.17, 15) is 4.79 Å². The molecule has 0 aliphatic heterocycles. The van der Waals surface area contributed by atoms with Gasteiger partial charge in [-0.1, -0.05) is 22.9 Å². The molecule has 0 amide bonds. The zero-order valence-corrected chi connectivity index (χ0v) is 13.0. The lowest BCUT2D eigenvalue weighted by molar-refractivity contribution is -0.145. The summed E-state index contributed by atoms with van der Waals surface area (Å²) in [5.74, 6) is 0.320. The van der Waals surface area contributed by atoms with Crippen molar-refractivity contribution in [1.29, 1.82) is 0 Å². The Labute approximate surface area is 122 Å². The molecule has 0 atom stereocenters. The van der Waals surface area contributed by atoms with Crippen molar-refractivity contribution in [3.8, 4) is 5.75 Å². The van der Waals surface area contributed by atoms with Crippen molar-refractivity contribution in [1.82, 2.24) is 5.32 Å². The van der Waals surface area contributed by atoms with Gasteiger partial charge in [0.05, 0.1) is 6.61 Å². The van der Waals surface area contributed by atoms with E-state index in [4.69, 9.17) is 9.47 Å². The molecule has 0 saturated carbocycles. The number of carbonyl (C=O) groups excluding carboxylic acids is 1. The molecule has 0 aromatic heterocycles. The first-order valence-corrected chi connectivity index (χ1v) is 7.24. The maximum Gasteiger partial charge on any atom is 0.344 e. The van der Waals surface area contributed by atoms with Crippen molar-refractivity contribution in [2.24, 2.45) is 0 Å². The average molecular weight is 330 g/mol. The summed E-state index contributed by atoms with van der Waals surface area (Å²) < 4.78 is 11.2. The fourth-order valence-corrected chi connectivity index (χ4v) is 1.91. The number of rotatable bonds is 8. The lowest BCUT2D eigenvalue weighted by atomic mass is 10.2. The fraction of sp³-hybridized carbons (Fsp3) is 0.500. The predicted octanol–water partition coefficient (Wildman–Crippen LogP) is 2.89. The zero-order valence-electron chi connectivity index (χ0n) is 11.4. The van der Waals surface area contributed by atoms with E-state index < -0.39 is 0 Å². The maximum absolute atomic E-state index is 11.2. The number of halogens is 1. The van der Waals surface area contributed by atoms with E-state index in [1.165, 1.54) is 0 Å². The van der Waals surface area contributed by atoms with Gasteiger partial charge in [0.15, 0.2) is 6.61 Å². The average Bonchev–Trinajstić information content (AvgIpc) is 2.40. The number of esters is 1. The second-order valence-electron chi connectivity index (χ2n) is 4.02. The van der Waals surface area contributed by atoms with Crippen LogP contribution in [0.15, 0.2) is 22.7 Å². The van der Waals surface area contributed by atoms with Crippen molar-refractivity contribution >= 4 is 21.9 Å². The van der Waals surface area contributed by atoms with Crippen LogP contribution in [0.4, 0.5) is 0 Å². The Morgan fingerprint density at radius 3 is 2.84 bits per heavy atom. The SMILES string of the molecule is CCCNCc1cc(OCC(=O)OCC)ccc1Br. The Hall–Kier alpha value is -1.07. The molecule has 0 spiro atoms. The van der Waals surface area contributed by atoms with Crippen LogP contribution < -0.4 is 10.1 Å². The van der Waals surface area contributed by atoms with Crippen molar-refractivity contribution in [3.63, 3.8) is 0 Å². The summed E-state index contributed by atoms with van der Waals surface area (Å²) in [4.78, 5) is 11.2. The Bertz CT molecular complexity index is 410. The van der Waals surface area contributed by atoms with E-state index >= 15 is 0 Å². The number of nitrogens with one attached hydrogen (secondary N) is 1. The molecule has 1 N–H and O–H groups in total. The molecule has 0 radical (unpaired) electrons. The third-order valence-electron chi connectivity index (χ3n) is 2.42. The van der Waals surface area contributed by atoms with Crippen molar-refractivity contribution < 1.29 is 14.3 Å². The van der Waals surface area contributed by atoms with Crippen LogP contribution in [0.5, 0.6) is 5.75 Å². The van der Waals surface area contributed by atoms with Gasteiger partial charge in [-0.25, -0.2) is 4.79 Å². The third-order valence-corrected chi connectivity index (χ3v) is 3.20. The second-order valence-corrected chi connectivity index (χ2v) is 4.88. The minimum absolute atomic E-state index is 0.0582. The van der Waals surface area contributed by atoms with Crippen LogP contribution >= 0.6 is 15.9 Å². The summed E-state index contributed by atoms with van der Waals surface area (Å²) in [7, 11) is 0. The smallest absolute Gasteiger partial charge is 0.344 e. The van der Waals surface area contributed by atoms with Gasteiger partial charge in [0.2, 0.25) is 0 Å². The lowest BCUT2D eigenvalue weighted by Crippen LogP contribution is -2.16. The van der Waals surface area contributed by atoms with E-state index in [1.807, 2.05) is 18.2 Å². The van der Waals surface area contributed by atoms with Gasteiger partial charge in [-0.3, -0.25) is 0 Å². The van der Waals surface area contributed by atoms with Gasteiger partial charge < -0.3 is 14.8 Å². The summed E-state index contributed by atoms with van der Waals surface area (Å²) in [6.07, 6.45) is 1.09. The largest absolute Gasteiger partial charge is 0.482 e. The van der Waals surface area contributed by atoms with Crippen LogP contribution in [-0.4, -0.2) is 25.7 Å². The number of benzene rings is 1. The highest BCUT2D eigenvalue weighted by atomic mass is 79.9. The normalized spacial score (nSPS) is 10.3. The number of ether oxygens (including phenoxy) is 2. The summed E-state index contributed by atoms with van der Waals surface area (Å²) >= 11 is 3.50. The molecule has 0 aliphatic rings. The first-order chi connectivity index (χ1) is 9.17. The number of carbonyl (C=O) groups is 1. The van der Waals surface area contributed by atoms with Crippen LogP contribution in [0, 0.1) is 0 Å². The highest BCUT2D eigenvalue weighted by Gasteiger charge is 2.06. The van der Waals surface area contributed by atoms with Gasteiger partial charge in [-0.2, -0.15) is 0 Å². The Balaban J connectivity index is 2.54.